The summed E-state index contributed by atoms with van der Waals surface area (Å²) in [6, 6.07) is 3.97. The highest BCUT2D eigenvalue weighted by Crippen LogP contribution is 2.16. The minimum atomic E-state index is -0.179. The first-order chi connectivity index (χ1) is 10.0. The molecule has 0 saturated heterocycles. The van der Waals surface area contributed by atoms with Gasteiger partial charge in [0, 0.05) is 12.6 Å². The Hall–Kier alpha value is -1.95. The fourth-order valence-electron chi connectivity index (χ4n) is 2.09. The third-order valence-corrected chi connectivity index (χ3v) is 4.58. The monoisotopic (exact) mass is 306 g/mol. The number of hydrogen-bond donors (Lipinski definition) is 1. The van der Waals surface area contributed by atoms with Crippen LogP contribution in [0.5, 0.6) is 0 Å². The molecule has 0 atom stereocenters. The van der Waals surface area contributed by atoms with Crippen molar-refractivity contribution < 1.29 is 14.1 Å². The molecule has 112 valence electrons. The standard InChI is InChI=1S/C15H20N3O2S/c1-10-4-5-12(15(16)17-10)8-18-9-21-13(11(18)2)6-7-14(19)20-3/h4-5,9H,6-8H2,1-3H3,(H2,16,17)/q+1. The molecule has 2 heterocycles. The molecule has 0 aliphatic heterocycles. The molecular weight excluding hydrogens is 286 g/mol. The molecule has 0 bridgehead atoms. The van der Waals surface area contributed by atoms with Gasteiger partial charge in [-0.25, -0.2) is 4.98 Å². The molecule has 2 aromatic rings. The van der Waals surface area contributed by atoms with Crippen LogP contribution in [0.4, 0.5) is 5.82 Å². The Morgan fingerprint density at radius 2 is 2.19 bits per heavy atom. The van der Waals surface area contributed by atoms with Gasteiger partial charge in [0.05, 0.1) is 24.0 Å². The normalized spacial score (nSPS) is 10.6. The summed E-state index contributed by atoms with van der Waals surface area (Å²) in [5.41, 5.74) is 11.1. The van der Waals surface area contributed by atoms with Crippen LogP contribution in [0.3, 0.4) is 0 Å². The van der Waals surface area contributed by atoms with Crippen molar-refractivity contribution in [2.45, 2.75) is 33.2 Å². The van der Waals surface area contributed by atoms with Crippen molar-refractivity contribution >= 4 is 23.1 Å². The lowest BCUT2D eigenvalue weighted by Crippen LogP contribution is -2.35. The van der Waals surface area contributed by atoms with Crippen molar-refractivity contribution in [1.82, 2.24) is 4.98 Å². The molecule has 0 radical (unpaired) electrons. The summed E-state index contributed by atoms with van der Waals surface area (Å²) in [7, 11) is 1.41. The summed E-state index contributed by atoms with van der Waals surface area (Å²) in [6.07, 6.45) is 1.11. The summed E-state index contributed by atoms with van der Waals surface area (Å²) in [5.74, 6) is 0.394. The van der Waals surface area contributed by atoms with Crippen molar-refractivity contribution in [3.05, 3.63) is 39.5 Å². The van der Waals surface area contributed by atoms with E-state index in [0.717, 1.165) is 17.0 Å². The third kappa shape index (κ3) is 3.78. The molecule has 0 saturated carbocycles. The number of nitrogens with two attached hydrogens (primary N) is 1. The third-order valence-electron chi connectivity index (χ3n) is 3.43. The van der Waals surface area contributed by atoms with Crippen LogP contribution in [0, 0.1) is 13.8 Å². The van der Waals surface area contributed by atoms with E-state index < -0.39 is 0 Å². The first kappa shape index (κ1) is 15.4. The smallest absolute Gasteiger partial charge is 0.305 e. The zero-order valence-electron chi connectivity index (χ0n) is 12.5. The number of carbonyl (C=O) groups excluding carboxylic acids is 1. The van der Waals surface area contributed by atoms with Gasteiger partial charge in [-0.2, -0.15) is 4.57 Å². The van der Waals surface area contributed by atoms with E-state index in [1.54, 1.807) is 11.3 Å². The topological polar surface area (TPSA) is 69.1 Å². The summed E-state index contributed by atoms with van der Waals surface area (Å²) in [4.78, 5) is 16.7. The molecule has 6 heteroatoms. The lowest BCUT2D eigenvalue weighted by molar-refractivity contribution is -0.689. The van der Waals surface area contributed by atoms with E-state index in [2.05, 4.69) is 26.7 Å². The van der Waals surface area contributed by atoms with Gasteiger partial charge in [0.15, 0.2) is 12.2 Å². The van der Waals surface area contributed by atoms with E-state index in [1.165, 1.54) is 12.0 Å². The molecule has 2 rings (SSSR count). The van der Waals surface area contributed by atoms with E-state index in [-0.39, 0.29) is 5.97 Å². The van der Waals surface area contributed by atoms with Crippen molar-refractivity contribution in [2.75, 3.05) is 12.8 Å². The first-order valence-electron chi connectivity index (χ1n) is 6.76. The van der Waals surface area contributed by atoms with Crippen molar-refractivity contribution in [1.29, 1.82) is 0 Å². The van der Waals surface area contributed by atoms with Crippen LogP contribution in [-0.2, 0) is 22.5 Å². The summed E-state index contributed by atoms with van der Waals surface area (Å²) in [6.45, 7) is 4.68. The minimum Gasteiger partial charge on any atom is -0.469 e. The molecule has 0 spiro atoms. The zero-order chi connectivity index (χ0) is 15.4. The second kappa shape index (κ2) is 6.67. The highest BCUT2D eigenvalue weighted by Gasteiger charge is 2.18. The number of methoxy groups -OCH3 is 1. The highest BCUT2D eigenvalue weighted by molar-refractivity contribution is 7.09. The number of ether oxygens (including phenoxy) is 1. The summed E-state index contributed by atoms with van der Waals surface area (Å²) in [5, 5.41) is 0. The zero-order valence-corrected chi connectivity index (χ0v) is 13.4. The average molecular weight is 306 g/mol. The Balaban J connectivity index is 2.11. The van der Waals surface area contributed by atoms with E-state index in [9.17, 15) is 4.79 Å². The molecule has 0 unspecified atom stereocenters. The number of anilines is 1. The van der Waals surface area contributed by atoms with Crippen molar-refractivity contribution in [3.63, 3.8) is 0 Å². The number of nitrogen functional groups attached to an aromatic ring is 1. The van der Waals surface area contributed by atoms with E-state index in [1.807, 2.05) is 19.1 Å². The molecule has 21 heavy (non-hydrogen) atoms. The van der Waals surface area contributed by atoms with Crippen LogP contribution in [0.25, 0.3) is 0 Å². The lowest BCUT2D eigenvalue weighted by atomic mass is 10.2. The summed E-state index contributed by atoms with van der Waals surface area (Å²) < 4.78 is 6.81. The Morgan fingerprint density at radius 3 is 2.86 bits per heavy atom. The maximum absolute atomic E-state index is 11.2. The fraction of sp³-hybridized carbons (Fsp3) is 0.400. The molecule has 0 amide bonds. The van der Waals surface area contributed by atoms with Crippen LogP contribution in [0.1, 0.15) is 28.2 Å². The quantitative estimate of drug-likeness (QED) is 0.675. The molecular formula is C15H20N3O2S+. The lowest BCUT2D eigenvalue weighted by Gasteiger charge is -2.02. The molecule has 5 nitrogen and oxygen atoms in total. The Morgan fingerprint density at radius 1 is 1.43 bits per heavy atom. The number of aromatic nitrogens is 2. The second-order valence-corrected chi connectivity index (χ2v) is 5.87. The van der Waals surface area contributed by atoms with Gasteiger partial charge in [0.1, 0.15) is 5.82 Å². The van der Waals surface area contributed by atoms with Gasteiger partial charge < -0.3 is 10.5 Å². The van der Waals surface area contributed by atoms with E-state index in [0.29, 0.717) is 25.2 Å². The molecule has 0 aliphatic carbocycles. The molecule has 0 fully saturated rings. The number of thiazole rings is 1. The minimum absolute atomic E-state index is 0.179. The van der Waals surface area contributed by atoms with Crippen LogP contribution in [0.2, 0.25) is 0 Å². The maximum Gasteiger partial charge on any atom is 0.305 e. The maximum atomic E-state index is 11.2. The van der Waals surface area contributed by atoms with Crippen molar-refractivity contribution in [3.8, 4) is 0 Å². The molecule has 0 aromatic carbocycles. The van der Waals surface area contributed by atoms with Gasteiger partial charge >= 0.3 is 5.97 Å². The second-order valence-electron chi connectivity index (χ2n) is 4.93. The van der Waals surface area contributed by atoms with Crippen LogP contribution >= 0.6 is 11.3 Å². The van der Waals surface area contributed by atoms with Gasteiger partial charge in [0.25, 0.3) is 0 Å². The molecule has 0 aliphatic rings. The number of esters is 1. The van der Waals surface area contributed by atoms with E-state index in [4.69, 9.17) is 5.73 Å². The van der Waals surface area contributed by atoms with E-state index >= 15 is 0 Å². The predicted molar refractivity (Wildman–Crippen MR) is 82.1 cm³/mol. The number of pyridine rings is 1. The number of hydrogen-bond acceptors (Lipinski definition) is 5. The van der Waals surface area contributed by atoms with Gasteiger partial charge in [0.2, 0.25) is 5.51 Å². The Kier molecular flexibility index (Phi) is 4.90. The number of aryl methyl sites for hydroxylation is 2. The number of rotatable bonds is 5. The van der Waals surface area contributed by atoms with Crippen LogP contribution in [0.15, 0.2) is 17.6 Å². The van der Waals surface area contributed by atoms with Gasteiger partial charge in [-0.05, 0) is 25.5 Å². The van der Waals surface area contributed by atoms with Crippen molar-refractivity contribution in [2.24, 2.45) is 0 Å². The number of nitrogens with zero attached hydrogens (tertiary/aromatic N) is 2. The SMILES string of the molecule is COC(=O)CCc1sc[n+](Cc2ccc(C)nc2N)c1C. The Labute approximate surface area is 128 Å². The summed E-state index contributed by atoms with van der Waals surface area (Å²) >= 11 is 1.65. The molecule has 2 aromatic heterocycles. The Bertz CT molecular complexity index is 652. The van der Waals surface area contributed by atoms with Gasteiger partial charge in [-0.15, -0.1) is 0 Å². The highest BCUT2D eigenvalue weighted by atomic mass is 32.1. The van der Waals surface area contributed by atoms with Crippen LogP contribution in [-0.4, -0.2) is 18.1 Å². The predicted octanol–water partition coefficient (Wildman–Crippen LogP) is 1.78. The molecule has 2 N–H and O–H groups in total. The average Bonchev–Trinajstić information content (AvgIpc) is 2.80. The van der Waals surface area contributed by atoms with Gasteiger partial charge in [-0.3, -0.25) is 4.79 Å². The number of carbonyl (C=O) groups is 1. The van der Waals surface area contributed by atoms with Gasteiger partial charge in [-0.1, -0.05) is 11.3 Å². The van der Waals surface area contributed by atoms with Crippen LogP contribution < -0.4 is 10.3 Å². The first-order valence-corrected chi connectivity index (χ1v) is 7.64. The largest absolute Gasteiger partial charge is 0.469 e. The fourth-order valence-corrected chi connectivity index (χ4v) is 3.08.